The fraction of sp³-hybridized carbons (Fsp3) is 0.353. The summed E-state index contributed by atoms with van der Waals surface area (Å²) >= 11 is 1.25. The van der Waals surface area contributed by atoms with Gasteiger partial charge in [-0.15, -0.1) is 11.8 Å². The first-order chi connectivity index (χ1) is 12.0. The summed E-state index contributed by atoms with van der Waals surface area (Å²) in [7, 11) is 1.60. The highest BCUT2D eigenvalue weighted by Crippen LogP contribution is 2.15. The van der Waals surface area contributed by atoms with Crippen LogP contribution < -0.4 is 15.4 Å². The second-order valence-corrected chi connectivity index (χ2v) is 6.72. The molecule has 2 N–H and O–H groups in total. The average molecular weight is 363 g/mol. The minimum Gasteiger partial charge on any atom is -0.497 e. The predicted molar refractivity (Wildman–Crippen MR) is 96.6 cm³/mol. The molecule has 8 heteroatoms. The number of carbonyl (C=O) groups is 2. The molecule has 0 aliphatic carbocycles. The first-order valence-electron chi connectivity index (χ1n) is 7.73. The molecule has 2 amide bonds. The van der Waals surface area contributed by atoms with Crippen LogP contribution in [-0.2, 0) is 16.1 Å². The lowest BCUT2D eigenvalue weighted by Crippen LogP contribution is -2.28. The van der Waals surface area contributed by atoms with Crippen LogP contribution in [0, 0.1) is 6.92 Å². The summed E-state index contributed by atoms with van der Waals surface area (Å²) < 4.78 is 10.0. The van der Waals surface area contributed by atoms with Crippen LogP contribution in [0.2, 0.25) is 0 Å². The van der Waals surface area contributed by atoms with Crippen molar-refractivity contribution in [1.29, 1.82) is 0 Å². The maximum atomic E-state index is 12.0. The summed E-state index contributed by atoms with van der Waals surface area (Å²) in [4.78, 5) is 24.0. The Morgan fingerprint density at radius 2 is 2.16 bits per heavy atom. The molecule has 1 atom stereocenters. The Hall–Kier alpha value is -2.48. The molecule has 7 nitrogen and oxygen atoms in total. The Morgan fingerprint density at radius 3 is 2.84 bits per heavy atom. The van der Waals surface area contributed by atoms with Crippen molar-refractivity contribution in [3.05, 3.63) is 41.7 Å². The van der Waals surface area contributed by atoms with E-state index in [2.05, 4.69) is 15.8 Å². The van der Waals surface area contributed by atoms with Gasteiger partial charge in [-0.25, -0.2) is 0 Å². The summed E-state index contributed by atoms with van der Waals surface area (Å²) in [5.41, 5.74) is 0.949. The van der Waals surface area contributed by atoms with Gasteiger partial charge in [0, 0.05) is 12.6 Å². The van der Waals surface area contributed by atoms with Crippen LogP contribution in [0.15, 0.2) is 34.9 Å². The molecule has 134 valence electrons. The van der Waals surface area contributed by atoms with Crippen LogP contribution in [0.5, 0.6) is 5.75 Å². The molecular formula is C17H21N3O4S. The van der Waals surface area contributed by atoms with Gasteiger partial charge in [-0.05, 0) is 31.5 Å². The quantitative estimate of drug-likeness (QED) is 0.748. The lowest BCUT2D eigenvalue weighted by atomic mass is 10.2. The maximum absolute atomic E-state index is 12.0. The van der Waals surface area contributed by atoms with Crippen LogP contribution >= 0.6 is 11.8 Å². The molecule has 2 rings (SSSR count). The van der Waals surface area contributed by atoms with Crippen molar-refractivity contribution in [2.24, 2.45) is 0 Å². The summed E-state index contributed by atoms with van der Waals surface area (Å²) in [6, 6.07) is 9.12. The molecule has 1 heterocycles. The number of hydrogen-bond acceptors (Lipinski definition) is 6. The summed E-state index contributed by atoms with van der Waals surface area (Å²) in [5, 5.41) is 8.79. The van der Waals surface area contributed by atoms with E-state index in [1.54, 1.807) is 27.0 Å². The highest BCUT2D eigenvalue weighted by Gasteiger charge is 2.16. The second-order valence-electron chi connectivity index (χ2n) is 5.39. The minimum atomic E-state index is -0.389. The number of benzene rings is 1. The number of thioether (sulfide) groups is 1. The number of ether oxygens (including phenoxy) is 1. The number of methoxy groups -OCH3 is 1. The van der Waals surface area contributed by atoms with Crippen molar-refractivity contribution in [2.75, 3.05) is 18.2 Å². The fourth-order valence-electron chi connectivity index (χ4n) is 1.96. The molecule has 0 saturated heterocycles. The standard InChI is InChI=1S/C17H21N3O4S/c1-11-7-15(20-24-11)19-17(22)12(2)25-10-16(21)18-9-13-5-4-6-14(8-13)23-3/h4-8,12H,9-10H2,1-3H3,(H,18,21)(H,19,20,22). The maximum Gasteiger partial charge on any atom is 0.238 e. The number of amides is 2. The molecule has 0 aliphatic rings. The zero-order valence-corrected chi connectivity index (χ0v) is 15.2. The van der Waals surface area contributed by atoms with E-state index in [4.69, 9.17) is 9.26 Å². The summed E-state index contributed by atoms with van der Waals surface area (Å²) in [6.07, 6.45) is 0. The third-order valence-electron chi connectivity index (χ3n) is 3.34. The lowest BCUT2D eigenvalue weighted by Gasteiger charge is -2.11. The average Bonchev–Trinajstić information content (AvgIpc) is 3.02. The SMILES string of the molecule is COc1cccc(CNC(=O)CSC(C)C(=O)Nc2cc(C)on2)c1. The van der Waals surface area contributed by atoms with Gasteiger partial charge in [0.1, 0.15) is 11.5 Å². The number of hydrogen-bond donors (Lipinski definition) is 2. The number of aryl methyl sites for hydroxylation is 1. The van der Waals surface area contributed by atoms with Gasteiger partial charge < -0.3 is 19.9 Å². The van der Waals surface area contributed by atoms with E-state index in [1.807, 2.05) is 24.3 Å². The Morgan fingerprint density at radius 1 is 1.36 bits per heavy atom. The zero-order valence-electron chi connectivity index (χ0n) is 14.4. The Kier molecular flexibility index (Phi) is 6.88. The van der Waals surface area contributed by atoms with Crippen LogP contribution in [0.1, 0.15) is 18.2 Å². The van der Waals surface area contributed by atoms with E-state index < -0.39 is 0 Å². The minimum absolute atomic E-state index is 0.134. The van der Waals surface area contributed by atoms with Crippen molar-refractivity contribution >= 4 is 29.4 Å². The normalized spacial score (nSPS) is 11.6. The monoisotopic (exact) mass is 363 g/mol. The Bertz CT molecular complexity index is 732. The predicted octanol–water partition coefficient (Wildman–Crippen LogP) is 2.37. The van der Waals surface area contributed by atoms with E-state index in [9.17, 15) is 9.59 Å². The third-order valence-corrected chi connectivity index (χ3v) is 4.48. The molecular weight excluding hydrogens is 342 g/mol. The molecule has 0 radical (unpaired) electrons. The van der Waals surface area contributed by atoms with Gasteiger partial charge >= 0.3 is 0 Å². The van der Waals surface area contributed by atoms with Crippen molar-refractivity contribution in [3.8, 4) is 5.75 Å². The van der Waals surface area contributed by atoms with E-state index >= 15 is 0 Å². The van der Waals surface area contributed by atoms with Crippen LogP contribution in [0.3, 0.4) is 0 Å². The van der Waals surface area contributed by atoms with Gasteiger partial charge in [-0.2, -0.15) is 0 Å². The van der Waals surface area contributed by atoms with Crippen LogP contribution in [0.4, 0.5) is 5.82 Å². The van der Waals surface area contributed by atoms with Crippen molar-refractivity contribution < 1.29 is 18.8 Å². The molecule has 0 bridgehead atoms. The fourth-order valence-corrected chi connectivity index (χ4v) is 2.68. The van der Waals surface area contributed by atoms with Gasteiger partial charge in [0.15, 0.2) is 5.82 Å². The molecule has 0 saturated carbocycles. The largest absolute Gasteiger partial charge is 0.497 e. The van der Waals surface area contributed by atoms with Crippen molar-refractivity contribution in [2.45, 2.75) is 25.6 Å². The molecule has 1 unspecified atom stereocenters. The van der Waals surface area contributed by atoms with E-state index in [0.717, 1.165) is 11.3 Å². The molecule has 0 spiro atoms. The van der Waals surface area contributed by atoms with E-state index in [0.29, 0.717) is 18.1 Å². The molecule has 25 heavy (non-hydrogen) atoms. The first kappa shape index (κ1) is 18.9. The van der Waals surface area contributed by atoms with E-state index in [-0.39, 0.29) is 22.8 Å². The van der Waals surface area contributed by atoms with Crippen LogP contribution in [0.25, 0.3) is 0 Å². The number of carbonyl (C=O) groups excluding carboxylic acids is 2. The Balaban J connectivity index is 1.72. The van der Waals surface area contributed by atoms with Crippen molar-refractivity contribution in [3.63, 3.8) is 0 Å². The highest BCUT2D eigenvalue weighted by atomic mass is 32.2. The van der Waals surface area contributed by atoms with Crippen LogP contribution in [-0.4, -0.2) is 35.1 Å². The van der Waals surface area contributed by atoms with E-state index in [1.165, 1.54) is 11.8 Å². The zero-order chi connectivity index (χ0) is 18.2. The smallest absolute Gasteiger partial charge is 0.238 e. The third kappa shape index (κ3) is 6.15. The number of nitrogens with zero attached hydrogens (tertiary/aromatic N) is 1. The molecule has 1 aromatic heterocycles. The number of nitrogens with one attached hydrogen (secondary N) is 2. The number of anilines is 1. The number of aromatic nitrogens is 1. The molecule has 0 fully saturated rings. The van der Waals surface area contributed by atoms with Crippen molar-refractivity contribution in [1.82, 2.24) is 10.5 Å². The lowest BCUT2D eigenvalue weighted by molar-refractivity contribution is -0.118. The topological polar surface area (TPSA) is 93.5 Å². The highest BCUT2D eigenvalue weighted by molar-refractivity contribution is 8.01. The second kappa shape index (κ2) is 9.12. The van der Waals surface area contributed by atoms with Gasteiger partial charge in [-0.3, -0.25) is 9.59 Å². The number of rotatable bonds is 8. The Labute approximate surface area is 150 Å². The molecule has 0 aliphatic heterocycles. The van der Waals surface area contributed by atoms with Gasteiger partial charge in [0.2, 0.25) is 11.8 Å². The summed E-state index contributed by atoms with van der Waals surface area (Å²) in [5.74, 6) is 1.57. The molecule has 1 aromatic carbocycles. The van der Waals surface area contributed by atoms with Gasteiger partial charge in [0.25, 0.3) is 0 Å². The first-order valence-corrected chi connectivity index (χ1v) is 8.78. The molecule has 2 aromatic rings. The van der Waals surface area contributed by atoms with Gasteiger partial charge in [-0.1, -0.05) is 17.3 Å². The summed E-state index contributed by atoms with van der Waals surface area (Å²) in [6.45, 7) is 3.89. The van der Waals surface area contributed by atoms with Gasteiger partial charge in [0.05, 0.1) is 18.1 Å².